The summed E-state index contributed by atoms with van der Waals surface area (Å²) in [5.74, 6) is 1.06. The van der Waals surface area contributed by atoms with Crippen LogP contribution in [0.25, 0.3) is 11.3 Å². The molecule has 1 heterocycles. The van der Waals surface area contributed by atoms with Crippen LogP contribution in [0.4, 0.5) is 0 Å². The van der Waals surface area contributed by atoms with Gasteiger partial charge in [0.25, 0.3) is 0 Å². The SMILES string of the molecule is C=CCC(COn1c(-c2ccc(OC)cc2)csc1=S)c1ccccc1. The largest absolute Gasteiger partial charge is 0.497 e. The molecule has 1 aromatic heterocycles. The first-order valence-electron chi connectivity index (χ1n) is 8.37. The zero-order valence-electron chi connectivity index (χ0n) is 14.6. The van der Waals surface area contributed by atoms with Gasteiger partial charge in [-0.25, -0.2) is 0 Å². The smallest absolute Gasteiger partial charge is 0.197 e. The molecule has 0 saturated heterocycles. The summed E-state index contributed by atoms with van der Waals surface area (Å²) in [5, 5.41) is 2.02. The van der Waals surface area contributed by atoms with Crippen molar-refractivity contribution in [3.05, 3.63) is 82.2 Å². The number of hydrogen-bond acceptors (Lipinski definition) is 4. The molecule has 2 aromatic carbocycles. The van der Waals surface area contributed by atoms with E-state index in [9.17, 15) is 0 Å². The molecule has 0 aliphatic rings. The van der Waals surface area contributed by atoms with Gasteiger partial charge in [-0.05, 0) is 48.5 Å². The molecule has 5 heteroatoms. The third kappa shape index (κ3) is 4.23. The van der Waals surface area contributed by atoms with Crippen molar-refractivity contribution < 1.29 is 9.57 Å². The van der Waals surface area contributed by atoms with E-state index in [-0.39, 0.29) is 5.92 Å². The molecule has 3 nitrogen and oxygen atoms in total. The van der Waals surface area contributed by atoms with Crippen molar-refractivity contribution in [3.63, 3.8) is 0 Å². The molecule has 3 rings (SSSR count). The summed E-state index contributed by atoms with van der Waals surface area (Å²) < 4.78 is 7.68. The summed E-state index contributed by atoms with van der Waals surface area (Å²) in [7, 11) is 1.66. The Morgan fingerprint density at radius 3 is 2.54 bits per heavy atom. The van der Waals surface area contributed by atoms with Crippen LogP contribution in [0, 0.1) is 3.95 Å². The predicted octanol–water partition coefficient (Wildman–Crippen LogP) is 5.74. The number of thiazole rings is 1. The Balaban J connectivity index is 1.82. The Morgan fingerprint density at radius 2 is 1.88 bits per heavy atom. The minimum Gasteiger partial charge on any atom is -0.497 e. The van der Waals surface area contributed by atoms with Crippen LogP contribution in [0.1, 0.15) is 17.9 Å². The van der Waals surface area contributed by atoms with Crippen molar-refractivity contribution in [2.24, 2.45) is 0 Å². The number of nitrogens with zero attached hydrogens (tertiary/aromatic N) is 1. The average Bonchev–Trinajstić information content (AvgIpc) is 3.06. The van der Waals surface area contributed by atoms with Crippen LogP contribution in [0.5, 0.6) is 5.75 Å². The molecule has 0 fully saturated rings. The van der Waals surface area contributed by atoms with Crippen LogP contribution in [-0.2, 0) is 0 Å². The highest BCUT2D eigenvalue weighted by atomic mass is 32.1. The summed E-state index contributed by atoms with van der Waals surface area (Å²) >= 11 is 6.96. The van der Waals surface area contributed by atoms with E-state index in [1.54, 1.807) is 11.8 Å². The Labute approximate surface area is 163 Å². The summed E-state index contributed by atoms with van der Waals surface area (Å²) in [4.78, 5) is 6.13. The summed E-state index contributed by atoms with van der Waals surface area (Å²) in [6, 6.07) is 18.2. The van der Waals surface area contributed by atoms with Gasteiger partial charge in [-0.1, -0.05) is 36.4 Å². The fourth-order valence-electron chi connectivity index (χ4n) is 2.76. The molecule has 0 aliphatic carbocycles. The minimum atomic E-state index is 0.235. The second-order valence-corrected chi connectivity index (χ2v) is 7.34. The molecule has 26 heavy (non-hydrogen) atoms. The first-order valence-corrected chi connectivity index (χ1v) is 9.66. The quantitative estimate of drug-likeness (QED) is 0.366. The maximum atomic E-state index is 6.13. The van der Waals surface area contributed by atoms with Gasteiger partial charge in [-0.2, -0.15) is 4.73 Å². The highest BCUT2D eigenvalue weighted by Gasteiger charge is 2.14. The molecule has 0 radical (unpaired) electrons. The molecular weight excluding hydrogens is 362 g/mol. The second-order valence-electron chi connectivity index (χ2n) is 5.84. The monoisotopic (exact) mass is 383 g/mol. The lowest BCUT2D eigenvalue weighted by Crippen LogP contribution is -2.19. The van der Waals surface area contributed by atoms with Crippen LogP contribution in [0.2, 0.25) is 0 Å². The van der Waals surface area contributed by atoms with Gasteiger partial charge in [0.05, 0.1) is 12.8 Å². The molecule has 0 N–H and O–H groups in total. The van der Waals surface area contributed by atoms with Gasteiger partial charge in [-0.3, -0.25) is 0 Å². The van der Waals surface area contributed by atoms with Crippen LogP contribution in [-0.4, -0.2) is 18.4 Å². The number of ether oxygens (including phenoxy) is 1. The van der Waals surface area contributed by atoms with Crippen molar-refractivity contribution in [1.82, 2.24) is 4.73 Å². The number of aromatic nitrogens is 1. The van der Waals surface area contributed by atoms with E-state index in [0.29, 0.717) is 10.6 Å². The Bertz CT molecular complexity index is 898. The maximum Gasteiger partial charge on any atom is 0.197 e. The Kier molecular flexibility index (Phi) is 6.26. The van der Waals surface area contributed by atoms with E-state index >= 15 is 0 Å². The lowest BCUT2D eigenvalue weighted by atomic mass is 9.97. The number of benzene rings is 2. The lowest BCUT2D eigenvalue weighted by Gasteiger charge is -2.18. The highest BCUT2D eigenvalue weighted by Crippen LogP contribution is 2.26. The van der Waals surface area contributed by atoms with Gasteiger partial charge in [0.1, 0.15) is 12.4 Å². The third-order valence-electron chi connectivity index (χ3n) is 4.17. The second kappa shape index (κ2) is 8.83. The molecular formula is C21H21NO2S2. The van der Waals surface area contributed by atoms with E-state index in [0.717, 1.165) is 23.4 Å². The molecule has 0 spiro atoms. The number of allylic oxidation sites excluding steroid dienone is 1. The molecule has 3 aromatic rings. The summed E-state index contributed by atoms with van der Waals surface area (Å²) in [5.41, 5.74) is 3.23. The molecule has 0 amide bonds. The van der Waals surface area contributed by atoms with E-state index in [4.69, 9.17) is 21.8 Å². The van der Waals surface area contributed by atoms with Crippen LogP contribution in [0.3, 0.4) is 0 Å². The van der Waals surface area contributed by atoms with E-state index in [1.807, 2.05) is 53.9 Å². The van der Waals surface area contributed by atoms with Crippen molar-refractivity contribution >= 4 is 23.6 Å². The van der Waals surface area contributed by atoms with Gasteiger partial charge in [-0.15, -0.1) is 17.9 Å². The van der Waals surface area contributed by atoms with Crippen molar-refractivity contribution in [2.45, 2.75) is 12.3 Å². The zero-order valence-corrected chi connectivity index (χ0v) is 16.3. The van der Waals surface area contributed by atoms with E-state index < -0.39 is 0 Å². The first-order chi connectivity index (χ1) is 12.7. The molecule has 0 bridgehead atoms. The first kappa shape index (κ1) is 18.4. The van der Waals surface area contributed by atoms with Crippen LogP contribution < -0.4 is 9.57 Å². The standard InChI is InChI=1S/C21H21NO2S2/c1-3-7-18(16-8-5-4-6-9-16)14-24-22-20(15-26-21(22)25)17-10-12-19(23-2)13-11-17/h3-6,8-13,15,18H,1,7,14H2,2H3. The van der Waals surface area contributed by atoms with Gasteiger partial charge < -0.3 is 9.57 Å². The molecule has 134 valence electrons. The number of hydrogen-bond donors (Lipinski definition) is 0. The Hall–Kier alpha value is -2.37. The van der Waals surface area contributed by atoms with Gasteiger partial charge in [0.2, 0.25) is 0 Å². The number of rotatable bonds is 8. The van der Waals surface area contributed by atoms with Gasteiger partial charge >= 0.3 is 0 Å². The van der Waals surface area contributed by atoms with Crippen molar-refractivity contribution in [3.8, 4) is 17.0 Å². The number of methoxy groups -OCH3 is 1. The summed E-state index contributed by atoms with van der Waals surface area (Å²) in [6.45, 7) is 4.41. The van der Waals surface area contributed by atoms with Crippen molar-refractivity contribution in [2.75, 3.05) is 13.7 Å². The predicted molar refractivity (Wildman–Crippen MR) is 111 cm³/mol. The third-order valence-corrected chi connectivity index (χ3v) is 5.33. The van der Waals surface area contributed by atoms with Crippen LogP contribution in [0.15, 0.2) is 72.6 Å². The Morgan fingerprint density at radius 1 is 1.15 bits per heavy atom. The molecule has 0 aliphatic heterocycles. The summed E-state index contributed by atoms with van der Waals surface area (Å²) in [6.07, 6.45) is 2.78. The average molecular weight is 384 g/mol. The minimum absolute atomic E-state index is 0.235. The fraction of sp³-hybridized carbons (Fsp3) is 0.190. The molecule has 0 saturated carbocycles. The molecule has 1 atom stereocenters. The fourth-order valence-corrected chi connectivity index (χ4v) is 3.75. The lowest BCUT2D eigenvalue weighted by molar-refractivity contribution is 0.100. The van der Waals surface area contributed by atoms with E-state index in [1.165, 1.54) is 16.9 Å². The highest BCUT2D eigenvalue weighted by molar-refractivity contribution is 7.73. The molecule has 1 unspecified atom stereocenters. The van der Waals surface area contributed by atoms with Gasteiger partial charge in [0.15, 0.2) is 3.95 Å². The van der Waals surface area contributed by atoms with E-state index in [2.05, 4.69) is 18.7 Å². The van der Waals surface area contributed by atoms with Crippen LogP contribution >= 0.6 is 23.6 Å². The van der Waals surface area contributed by atoms with Gasteiger partial charge in [0, 0.05) is 16.9 Å². The zero-order chi connectivity index (χ0) is 18.4. The van der Waals surface area contributed by atoms with Crippen molar-refractivity contribution in [1.29, 1.82) is 0 Å². The normalized spacial score (nSPS) is 11.7. The topological polar surface area (TPSA) is 23.4 Å². The maximum absolute atomic E-state index is 6.13.